The van der Waals surface area contributed by atoms with Gasteiger partial charge in [0.05, 0.1) is 28.2 Å². The van der Waals surface area contributed by atoms with Crippen molar-refractivity contribution in [3.8, 4) is 6.07 Å². The van der Waals surface area contributed by atoms with Gasteiger partial charge in [0.15, 0.2) is 0 Å². The number of hydrogen-bond donors (Lipinski definition) is 1. The first-order valence-corrected chi connectivity index (χ1v) is 11.2. The molecule has 0 aliphatic carbocycles. The van der Waals surface area contributed by atoms with Gasteiger partial charge < -0.3 is 10.1 Å². The average molecular weight is 471 g/mol. The SMILES string of the molecule is C=CCOC(=O)C1=C(C)NC(SCc2ccccc2Cl)=C(C#N)C1c1ccccc1Cl. The molecule has 0 saturated carbocycles. The minimum atomic E-state index is -0.647. The summed E-state index contributed by atoms with van der Waals surface area (Å²) in [7, 11) is 0. The topological polar surface area (TPSA) is 62.1 Å². The van der Waals surface area contributed by atoms with Crippen molar-refractivity contribution >= 4 is 40.9 Å². The van der Waals surface area contributed by atoms with Crippen LogP contribution in [0.3, 0.4) is 0 Å². The Balaban J connectivity index is 2.05. The van der Waals surface area contributed by atoms with E-state index in [-0.39, 0.29) is 6.61 Å². The normalized spacial score (nSPS) is 15.9. The first-order chi connectivity index (χ1) is 15.0. The summed E-state index contributed by atoms with van der Waals surface area (Å²) >= 11 is 14.2. The lowest BCUT2D eigenvalue weighted by atomic mass is 9.82. The predicted octanol–water partition coefficient (Wildman–Crippen LogP) is 6.35. The number of rotatable bonds is 7. The smallest absolute Gasteiger partial charge is 0.337 e. The second-order valence-electron chi connectivity index (χ2n) is 6.74. The van der Waals surface area contributed by atoms with Gasteiger partial charge in [0, 0.05) is 21.5 Å². The van der Waals surface area contributed by atoms with Crippen molar-refractivity contribution in [2.24, 2.45) is 0 Å². The lowest BCUT2D eigenvalue weighted by molar-refractivity contribution is -0.138. The van der Waals surface area contributed by atoms with Crippen LogP contribution in [0, 0.1) is 11.3 Å². The molecule has 2 aromatic carbocycles. The summed E-state index contributed by atoms with van der Waals surface area (Å²) < 4.78 is 5.31. The number of dihydropyridines is 1. The number of ether oxygens (including phenoxy) is 1. The molecule has 1 aliphatic heterocycles. The average Bonchev–Trinajstić information content (AvgIpc) is 2.76. The van der Waals surface area contributed by atoms with E-state index < -0.39 is 11.9 Å². The molecule has 0 amide bonds. The molecule has 1 aliphatic rings. The molecule has 1 N–H and O–H groups in total. The Kier molecular flexibility index (Phi) is 7.86. The quantitative estimate of drug-likeness (QED) is 0.377. The Hall–Kier alpha value is -2.65. The second-order valence-corrected chi connectivity index (χ2v) is 8.54. The number of hydrogen-bond acceptors (Lipinski definition) is 5. The van der Waals surface area contributed by atoms with Crippen LogP contribution in [0.25, 0.3) is 0 Å². The molecular weight excluding hydrogens is 451 g/mol. The van der Waals surface area contributed by atoms with E-state index in [0.29, 0.717) is 43.2 Å². The third-order valence-corrected chi connectivity index (χ3v) is 6.52. The van der Waals surface area contributed by atoms with E-state index in [2.05, 4.69) is 18.0 Å². The lowest BCUT2D eigenvalue weighted by Gasteiger charge is -2.29. The number of halogens is 2. The van der Waals surface area contributed by atoms with Gasteiger partial charge in [-0.3, -0.25) is 0 Å². The maximum absolute atomic E-state index is 12.9. The number of allylic oxidation sites excluding steroid dienone is 2. The van der Waals surface area contributed by atoms with Gasteiger partial charge in [0.1, 0.15) is 6.61 Å². The van der Waals surface area contributed by atoms with Crippen molar-refractivity contribution in [2.75, 3.05) is 6.61 Å². The number of thioether (sulfide) groups is 1. The van der Waals surface area contributed by atoms with Gasteiger partial charge in [-0.1, -0.05) is 72.3 Å². The standard InChI is InChI=1S/C24H20Cl2N2O2S/c1-3-12-30-24(29)21-15(2)28-23(31-14-16-8-4-6-10-19(16)25)18(13-27)22(21)17-9-5-7-11-20(17)26/h3-11,22,28H,1,12,14H2,2H3. The zero-order valence-corrected chi connectivity index (χ0v) is 19.2. The highest BCUT2D eigenvalue weighted by Gasteiger charge is 2.36. The number of benzene rings is 2. The van der Waals surface area contributed by atoms with Gasteiger partial charge >= 0.3 is 5.97 Å². The van der Waals surface area contributed by atoms with E-state index in [0.717, 1.165) is 5.56 Å². The maximum Gasteiger partial charge on any atom is 0.337 e. The Morgan fingerprint density at radius 3 is 2.55 bits per heavy atom. The Morgan fingerprint density at radius 1 is 1.23 bits per heavy atom. The van der Waals surface area contributed by atoms with Crippen LogP contribution in [0.2, 0.25) is 10.0 Å². The highest BCUT2D eigenvalue weighted by Crippen LogP contribution is 2.43. The van der Waals surface area contributed by atoms with Crippen LogP contribution >= 0.6 is 35.0 Å². The summed E-state index contributed by atoms with van der Waals surface area (Å²) in [4.78, 5) is 12.9. The van der Waals surface area contributed by atoms with Crippen molar-refractivity contribution in [3.05, 3.63) is 104 Å². The fourth-order valence-corrected chi connectivity index (χ4v) is 4.92. The molecule has 1 heterocycles. The number of nitrogens with zero attached hydrogens (tertiary/aromatic N) is 1. The van der Waals surface area contributed by atoms with E-state index in [4.69, 9.17) is 27.9 Å². The van der Waals surface area contributed by atoms with Crippen LogP contribution in [0.1, 0.15) is 24.0 Å². The van der Waals surface area contributed by atoms with E-state index in [1.54, 1.807) is 13.0 Å². The van der Waals surface area contributed by atoms with E-state index in [1.807, 2.05) is 42.5 Å². The van der Waals surface area contributed by atoms with Crippen LogP contribution < -0.4 is 5.32 Å². The molecule has 1 atom stereocenters. The fraction of sp³-hybridized carbons (Fsp3) is 0.167. The molecule has 1 unspecified atom stereocenters. The molecule has 2 aromatic rings. The Morgan fingerprint density at radius 2 is 1.90 bits per heavy atom. The van der Waals surface area contributed by atoms with Crippen LogP contribution in [0.15, 0.2) is 83.1 Å². The van der Waals surface area contributed by atoms with Crippen LogP contribution in [-0.4, -0.2) is 12.6 Å². The fourth-order valence-electron chi connectivity index (χ4n) is 3.29. The third kappa shape index (κ3) is 5.16. The van der Waals surface area contributed by atoms with E-state index in [1.165, 1.54) is 17.8 Å². The molecule has 0 radical (unpaired) electrons. The molecule has 158 valence electrons. The molecule has 31 heavy (non-hydrogen) atoms. The van der Waals surface area contributed by atoms with Gasteiger partial charge in [0.25, 0.3) is 0 Å². The number of carbonyl (C=O) groups excluding carboxylic acids is 1. The van der Waals surface area contributed by atoms with Crippen molar-refractivity contribution in [1.29, 1.82) is 5.26 Å². The summed E-state index contributed by atoms with van der Waals surface area (Å²) in [5.74, 6) is -0.602. The molecule has 0 aromatic heterocycles. The molecule has 4 nitrogen and oxygen atoms in total. The zero-order chi connectivity index (χ0) is 22.4. The Labute approximate surface area is 196 Å². The Bertz CT molecular complexity index is 1120. The lowest BCUT2D eigenvalue weighted by Crippen LogP contribution is -2.29. The van der Waals surface area contributed by atoms with E-state index >= 15 is 0 Å². The van der Waals surface area contributed by atoms with Gasteiger partial charge in [-0.05, 0) is 30.2 Å². The van der Waals surface area contributed by atoms with Gasteiger partial charge in [0.2, 0.25) is 0 Å². The summed E-state index contributed by atoms with van der Waals surface area (Å²) in [6.07, 6.45) is 1.50. The van der Waals surface area contributed by atoms with Crippen LogP contribution in [0.5, 0.6) is 0 Å². The van der Waals surface area contributed by atoms with Gasteiger partial charge in [-0.25, -0.2) is 4.79 Å². The number of esters is 1. The molecule has 7 heteroatoms. The maximum atomic E-state index is 12.9. The number of nitriles is 1. The molecule has 0 fully saturated rings. The van der Waals surface area contributed by atoms with Gasteiger partial charge in [-0.2, -0.15) is 5.26 Å². The van der Waals surface area contributed by atoms with Gasteiger partial charge in [-0.15, -0.1) is 11.8 Å². The zero-order valence-electron chi connectivity index (χ0n) is 16.8. The summed E-state index contributed by atoms with van der Waals surface area (Å²) in [5, 5.41) is 15.1. The van der Waals surface area contributed by atoms with Crippen molar-refractivity contribution in [3.63, 3.8) is 0 Å². The van der Waals surface area contributed by atoms with E-state index in [9.17, 15) is 10.1 Å². The first kappa shape index (κ1) is 23.0. The first-order valence-electron chi connectivity index (χ1n) is 9.48. The second kappa shape index (κ2) is 10.6. The molecule has 0 saturated heterocycles. The highest BCUT2D eigenvalue weighted by atomic mass is 35.5. The van der Waals surface area contributed by atoms with Crippen LogP contribution in [-0.2, 0) is 15.3 Å². The van der Waals surface area contributed by atoms with Crippen molar-refractivity contribution in [2.45, 2.75) is 18.6 Å². The molecule has 0 bridgehead atoms. The monoisotopic (exact) mass is 470 g/mol. The third-order valence-electron chi connectivity index (χ3n) is 4.75. The van der Waals surface area contributed by atoms with Crippen molar-refractivity contribution < 1.29 is 9.53 Å². The summed E-state index contributed by atoms with van der Waals surface area (Å²) in [6, 6.07) is 17.0. The largest absolute Gasteiger partial charge is 0.458 e. The molecule has 3 rings (SSSR count). The van der Waals surface area contributed by atoms with Crippen molar-refractivity contribution in [1.82, 2.24) is 5.32 Å². The predicted molar refractivity (Wildman–Crippen MR) is 127 cm³/mol. The van der Waals surface area contributed by atoms with Crippen LogP contribution in [0.4, 0.5) is 0 Å². The summed E-state index contributed by atoms with van der Waals surface area (Å²) in [6.45, 7) is 5.45. The number of carbonyl (C=O) groups is 1. The minimum absolute atomic E-state index is 0.0740. The summed E-state index contributed by atoms with van der Waals surface area (Å²) in [5.41, 5.74) is 2.99. The number of nitrogens with one attached hydrogen (secondary N) is 1. The molecular formula is C24H20Cl2N2O2S. The molecule has 0 spiro atoms. The minimum Gasteiger partial charge on any atom is -0.458 e. The highest BCUT2D eigenvalue weighted by molar-refractivity contribution is 8.02.